The van der Waals surface area contributed by atoms with Gasteiger partial charge in [0, 0.05) is 5.56 Å². The number of nitrogens with zero attached hydrogens (tertiary/aromatic N) is 1. The molecule has 0 heterocycles. The third-order valence-corrected chi connectivity index (χ3v) is 3.00. The van der Waals surface area contributed by atoms with Gasteiger partial charge in [-0.25, -0.2) is 4.39 Å². The molecule has 0 amide bonds. The van der Waals surface area contributed by atoms with Crippen molar-refractivity contribution < 1.29 is 14.4 Å². The fourth-order valence-corrected chi connectivity index (χ4v) is 1.85. The van der Waals surface area contributed by atoms with E-state index in [-0.39, 0.29) is 5.56 Å². The highest BCUT2D eigenvalue weighted by molar-refractivity contribution is 5.42. The van der Waals surface area contributed by atoms with Gasteiger partial charge in [-0.1, -0.05) is 13.8 Å². The molecule has 1 aromatic carbocycles. The average Bonchev–Trinajstić information content (AvgIpc) is 2.34. The van der Waals surface area contributed by atoms with Crippen molar-refractivity contribution in [3.63, 3.8) is 0 Å². The first-order valence-electron chi connectivity index (χ1n) is 6.20. The number of nitrogens with two attached hydrogens (primary N) is 1. The molecule has 5 nitrogen and oxygen atoms in total. The molecule has 1 aromatic rings. The first-order valence-corrected chi connectivity index (χ1v) is 6.20. The van der Waals surface area contributed by atoms with Gasteiger partial charge in [0.05, 0.1) is 23.1 Å². The summed E-state index contributed by atoms with van der Waals surface area (Å²) in [4.78, 5) is 10.2. The number of nitro benzene ring substituents is 1. The molecule has 0 saturated heterocycles. The molecule has 0 fully saturated rings. The monoisotopic (exact) mass is 270 g/mol. The van der Waals surface area contributed by atoms with Crippen molar-refractivity contribution in [3.8, 4) is 0 Å². The Morgan fingerprint density at radius 2 is 2.05 bits per heavy atom. The number of rotatable bonds is 6. The molecule has 0 aliphatic rings. The Morgan fingerprint density at radius 1 is 1.42 bits per heavy atom. The van der Waals surface area contributed by atoms with Gasteiger partial charge in [-0.3, -0.25) is 10.1 Å². The van der Waals surface area contributed by atoms with E-state index in [4.69, 9.17) is 5.73 Å². The van der Waals surface area contributed by atoms with Crippen molar-refractivity contribution in [1.29, 1.82) is 0 Å². The molecule has 0 saturated carbocycles. The van der Waals surface area contributed by atoms with Crippen LogP contribution in [0.25, 0.3) is 0 Å². The summed E-state index contributed by atoms with van der Waals surface area (Å²) in [6.07, 6.45) is 0.337. The summed E-state index contributed by atoms with van der Waals surface area (Å²) >= 11 is 0. The molecule has 0 radical (unpaired) electrons. The van der Waals surface area contributed by atoms with Gasteiger partial charge in [0.1, 0.15) is 5.82 Å². The van der Waals surface area contributed by atoms with E-state index in [0.717, 1.165) is 18.6 Å². The van der Waals surface area contributed by atoms with E-state index >= 15 is 0 Å². The Hall–Kier alpha value is -1.53. The first-order chi connectivity index (χ1) is 8.82. The lowest BCUT2D eigenvalue weighted by Crippen LogP contribution is -2.27. The lowest BCUT2D eigenvalue weighted by Gasteiger charge is -2.20. The van der Waals surface area contributed by atoms with E-state index in [1.54, 1.807) is 0 Å². The highest BCUT2D eigenvalue weighted by Crippen LogP contribution is 2.28. The normalized spacial score (nSPS) is 14.4. The highest BCUT2D eigenvalue weighted by atomic mass is 19.1. The maximum Gasteiger partial charge on any atom is 0.277 e. The fourth-order valence-electron chi connectivity index (χ4n) is 1.85. The number of aliphatic hydroxyl groups excluding tert-OH is 1. The van der Waals surface area contributed by atoms with E-state index in [1.165, 1.54) is 6.07 Å². The van der Waals surface area contributed by atoms with Crippen LogP contribution < -0.4 is 5.73 Å². The first kappa shape index (κ1) is 15.5. The van der Waals surface area contributed by atoms with Crippen LogP contribution >= 0.6 is 0 Å². The van der Waals surface area contributed by atoms with Crippen molar-refractivity contribution >= 4 is 5.69 Å². The Balaban J connectivity index is 2.92. The molecule has 0 aliphatic carbocycles. The number of hydrogen-bond acceptors (Lipinski definition) is 4. The molecule has 1 rings (SSSR count). The minimum absolute atomic E-state index is 0.155. The Morgan fingerprint density at radius 3 is 2.58 bits per heavy atom. The van der Waals surface area contributed by atoms with Crippen molar-refractivity contribution in [2.75, 3.05) is 0 Å². The second-order valence-electron chi connectivity index (χ2n) is 5.02. The third kappa shape index (κ3) is 4.25. The summed E-state index contributed by atoms with van der Waals surface area (Å²) in [6, 6.07) is 2.30. The van der Waals surface area contributed by atoms with Gasteiger partial charge in [-0.05, 0) is 30.9 Å². The van der Waals surface area contributed by atoms with E-state index in [9.17, 15) is 19.6 Å². The number of hydrogen-bond donors (Lipinski definition) is 2. The molecule has 0 aromatic heterocycles. The third-order valence-electron chi connectivity index (χ3n) is 3.00. The van der Waals surface area contributed by atoms with Gasteiger partial charge in [0.25, 0.3) is 5.69 Å². The van der Waals surface area contributed by atoms with Crippen LogP contribution in [0.15, 0.2) is 18.2 Å². The van der Waals surface area contributed by atoms with E-state index in [1.807, 2.05) is 13.8 Å². The zero-order valence-electron chi connectivity index (χ0n) is 11.0. The van der Waals surface area contributed by atoms with Gasteiger partial charge >= 0.3 is 0 Å². The van der Waals surface area contributed by atoms with Crippen molar-refractivity contribution in [2.45, 2.75) is 38.8 Å². The molecular weight excluding hydrogens is 251 g/mol. The SMILES string of the molecule is CC(C)CC[C@H](O)[C@H](N)c1ccc(F)cc1[N+](=O)[O-]. The average molecular weight is 270 g/mol. The van der Waals surface area contributed by atoms with Crippen molar-refractivity contribution in [2.24, 2.45) is 11.7 Å². The summed E-state index contributed by atoms with van der Waals surface area (Å²) in [7, 11) is 0. The molecule has 3 N–H and O–H groups in total. The lowest BCUT2D eigenvalue weighted by atomic mass is 9.95. The molecule has 2 atom stereocenters. The van der Waals surface area contributed by atoms with Gasteiger partial charge in [0.15, 0.2) is 0 Å². The zero-order chi connectivity index (χ0) is 14.6. The standard InChI is InChI=1S/C13H19FN2O3/c1-8(2)3-6-12(17)13(15)10-5-4-9(14)7-11(10)16(18)19/h4-5,7-8,12-13,17H,3,6,15H2,1-2H3/t12-,13+/m0/s1. The summed E-state index contributed by atoms with van der Waals surface area (Å²) in [5.41, 5.74) is 5.60. The molecule has 0 spiro atoms. The molecule has 19 heavy (non-hydrogen) atoms. The van der Waals surface area contributed by atoms with Gasteiger partial charge < -0.3 is 10.8 Å². The number of benzene rings is 1. The second kappa shape index (κ2) is 6.58. The predicted octanol–water partition coefficient (Wildman–Crippen LogP) is 2.53. The maximum absolute atomic E-state index is 13.0. The zero-order valence-corrected chi connectivity index (χ0v) is 11.0. The topological polar surface area (TPSA) is 89.4 Å². The predicted molar refractivity (Wildman–Crippen MR) is 70.1 cm³/mol. The Labute approximate surface area is 111 Å². The lowest BCUT2D eigenvalue weighted by molar-refractivity contribution is -0.386. The van der Waals surface area contributed by atoms with Crippen LogP contribution in [0.3, 0.4) is 0 Å². The summed E-state index contributed by atoms with van der Waals surface area (Å²) in [6.45, 7) is 4.02. The van der Waals surface area contributed by atoms with E-state index in [0.29, 0.717) is 12.3 Å². The number of nitro groups is 1. The van der Waals surface area contributed by atoms with Crippen LogP contribution in [0.1, 0.15) is 38.3 Å². The molecule has 106 valence electrons. The van der Waals surface area contributed by atoms with E-state index < -0.39 is 28.6 Å². The quantitative estimate of drug-likeness (QED) is 0.614. The smallest absolute Gasteiger partial charge is 0.277 e. The Kier molecular flexibility index (Phi) is 5.38. The summed E-state index contributed by atoms with van der Waals surface area (Å²) in [5, 5.41) is 20.8. The molecular formula is C13H19FN2O3. The molecule has 6 heteroatoms. The fraction of sp³-hybridized carbons (Fsp3) is 0.538. The second-order valence-corrected chi connectivity index (χ2v) is 5.02. The van der Waals surface area contributed by atoms with Crippen LogP contribution in [-0.2, 0) is 0 Å². The number of aliphatic hydroxyl groups is 1. The summed E-state index contributed by atoms with van der Waals surface area (Å²) < 4.78 is 13.0. The van der Waals surface area contributed by atoms with Crippen molar-refractivity contribution in [3.05, 3.63) is 39.7 Å². The van der Waals surface area contributed by atoms with Gasteiger partial charge in [-0.15, -0.1) is 0 Å². The largest absolute Gasteiger partial charge is 0.391 e. The maximum atomic E-state index is 13.0. The minimum Gasteiger partial charge on any atom is -0.391 e. The highest BCUT2D eigenvalue weighted by Gasteiger charge is 2.25. The summed E-state index contributed by atoms with van der Waals surface area (Å²) in [5.74, 6) is -0.288. The van der Waals surface area contributed by atoms with Gasteiger partial charge in [-0.2, -0.15) is 0 Å². The molecule has 0 aliphatic heterocycles. The van der Waals surface area contributed by atoms with Crippen LogP contribution in [-0.4, -0.2) is 16.1 Å². The van der Waals surface area contributed by atoms with Gasteiger partial charge in [0.2, 0.25) is 0 Å². The van der Waals surface area contributed by atoms with Crippen molar-refractivity contribution in [1.82, 2.24) is 0 Å². The van der Waals surface area contributed by atoms with E-state index in [2.05, 4.69) is 0 Å². The van der Waals surface area contributed by atoms with Crippen LogP contribution in [0, 0.1) is 21.8 Å². The minimum atomic E-state index is -0.889. The number of halogens is 1. The molecule has 0 unspecified atom stereocenters. The van der Waals surface area contributed by atoms with Crippen LogP contribution in [0.5, 0.6) is 0 Å². The molecule has 0 bridgehead atoms. The Bertz CT molecular complexity index is 452. The van der Waals surface area contributed by atoms with Crippen LogP contribution in [0.2, 0.25) is 0 Å². The van der Waals surface area contributed by atoms with Crippen LogP contribution in [0.4, 0.5) is 10.1 Å².